The van der Waals surface area contributed by atoms with Crippen LogP contribution in [0.3, 0.4) is 0 Å². The fourth-order valence-corrected chi connectivity index (χ4v) is 1.96. The van der Waals surface area contributed by atoms with Crippen LogP contribution in [0.15, 0.2) is 18.2 Å². The van der Waals surface area contributed by atoms with Crippen LogP contribution in [0.4, 0.5) is 0 Å². The summed E-state index contributed by atoms with van der Waals surface area (Å²) in [5.74, 6) is 1.10. The number of carbonyl (C=O) groups excluding carboxylic acids is 1. The molecule has 0 amide bonds. The molecule has 0 unspecified atom stereocenters. The lowest BCUT2D eigenvalue weighted by Gasteiger charge is -2.09. The van der Waals surface area contributed by atoms with Crippen LogP contribution in [0.25, 0.3) is 11.3 Å². The maximum absolute atomic E-state index is 10.8. The Morgan fingerprint density at radius 2 is 2.22 bits per heavy atom. The zero-order valence-electron chi connectivity index (χ0n) is 10.8. The standard InChI is InChI=1S/C14H16N2O2/c1-4-10-5-6-12(18-3)11(7-10)14-9(2)15-13(8-17)16-14/h5-8H,4H2,1-3H3,(H,15,16). The summed E-state index contributed by atoms with van der Waals surface area (Å²) in [7, 11) is 1.63. The van der Waals surface area contributed by atoms with Crippen molar-refractivity contribution in [1.82, 2.24) is 9.97 Å². The van der Waals surface area contributed by atoms with Crippen molar-refractivity contribution in [3.05, 3.63) is 35.3 Å². The third-order valence-corrected chi connectivity index (χ3v) is 2.94. The summed E-state index contributed by atoms with van der Waals surface area (Å²) < 4.78 is 5.35. The van der Waals surface area contributed by atoms with Gasteiger partial charge in [-0.15, -0.1) is 0 Å². The normalized spacial score (nSPS) is 10.4. The topological polar surface area (TPSA) is 55.0 Å². The monoisotopic (exact) mass is 244 g/mol. The number of imidazole rings is 1. The Bertz CT molecular complexity index is 573. The first-order valence-electron chi connectivity index (χ1n) is 5.88. The molecular weight excluding hydrogens is 228 g/mol. The molecule has 4 nitrogen and oxygen atoms in total. The number of carbonyl (C=O) groups is 1. The van der Waals surface area contributed by atoms with Crippen LogP contribution >= 0.6 is 0 Å². The van der Waals surface area contributed by atoms with Crippen molar-refractivity contribution in [3.8, 4) is 17.0 Å². The number of H-pyrrole nitrogens is 1. The molecule has 0 radical (unpaired) electrons. The molecule has 1 N–H and O–H groups in total. The summed E-state index contributed by atoms with van der Waals surface area (Å²) in [5, 5.41) is 0. The average Bonchev–Trinajstić information content (AvgIpc) is 2.79. The number of ether oxygens (including phenoxy) is 1. The molecule has 1 aromatic carbocycles. The number of methoxy groups -OCH3 is 1. The summed E-state index contributed by atoms with van der Waals surface area (Å²) in [4.78, 5) is 18.0. The Morgan fingerprint density at radius 1 is 1.44 bits per heavy atom. The smallest absolute Gasteiger partial charge is 0.185 e. The Balaban J connectivity index is 2.60. The van der Waals surface area contributed by atoms with Crippen molar-refractivity contribution in [2.24, 2.45) is 0 Å². The molecule has 1 heterocycles. The summed E-state index contributed by atoms with van der Waals surface area (Å²) in [5.41, 5.74) is 3.76. The number of aldehydes is 1. The van der Waals surface area contributed by atoms with E-state index in [-0.39, 0.29) is 0 Å². The van der Waals surface area contributed by atoms with Gasteiger partial charge in [-0.3, -0.25) is 4.79 Å². The van der Waals surface area contributed by atoms with Crippen molar-refractivity contribution in [2.45, 2.75) is 20.3 Å². The van der Waals surface area contributed by atoms with Crippen molar-refractivity contribution in [3.63, 3.8) is 0 Å². The molecule has 4 heteroatoms. The maximum Gasteiger partial charge on any atom is 0.185 e. The van der Waals surface area contributed by atoms with Gasteiger partial charge in [0.05, 0.1) is 12.8 Å². The molecule has 2 aromatic rings. The predicted octanol–water partition coefficient (Wildman–Crippen LogP) is 2.77. The first-order chi connectivity index (χ1) is 8.69. The molecule has 0 aliphatic heterocycles. The lowest BCUT2D eigenvalue weighted by molar-refractivity contribution is 0.111. The number of hydrogen-bond donors (Lipinski definition) is 1. The molecule has 2 rings (SSSR count). The van der Waals surface area contributed by atoms with Crippen molar-refractivity contribution < 1.29 is 9.53 Å². The Kier molecular flexibility index (Phi) is 3.46. The van der Waals surface area contributed by atoms with Crippen molar-refractivity contribution >= 4 is 6.29 Å². The highest BCUT2D eigenvalue weighted by Gasteiger charge is 2.13. The van der Waals surface area contributed by atoms with Gasteiger partial charge >= 0.3 is 0 Å². The van der Waals surface area contributed by atoms with Gasteiger partial charge in [-0.2, -0.15) is 0 Å². The molecule has 0 spiro atoms. The van der Waals surface area contributed by atoms with Gasteiger partial charge in [-0.25, -0.2) is 4.98 Å². The van der Waals surface area contributed by atoms with Gasteiger partial charge in [0.1, 0.15) is 5.75 Å². The number of aromatic nitrogens is 2. The third-order valence-electron chi connectivity index (χ3n) is 2.94. The van der Waals surface area contributed by atoms with Crippen LogP contribution < -0.4 is 4.74 Å². The lowest BCUT2D eigenvalue weighted by Crippen LogP contribution is -1.92. The number of nitrogens with one attached hydrogen (secondary N) is 1. The van der Waals surface area contributed by atoms with E-state index in [4.69, 9.17) is 4.74 Å². The third kappa shape index (κ3) is 2.14. The Morgan fingerprint density at radius 3 is 2.78 bits per heavy atom. The quantitative estimate of drug-likeness (QED) is 0.841. The molecule has 0 aliphatic carbocycles. The molecular formula is C14H16N2O2. The lowest BCUT2D eigenvalue weighted by atomic mass is 10.0. The number of aromatic amines is 1. The number of aryl methyl sites for hydroxylation is 2. The zero-order valence-corrected chi connectivity index (χ0v) is 10.8. The van der Waals surface area contributed by atoms with E-state index >= 15 is 0 Å². The highest BCUT2D eigenvalue weighted by atomic mass is 16.5. The van der Waals surface area contributed by atoms with Gasteiger partial charge in [0.25, 0.3) is 0 Å². The largest absolute Gasteiger partial charge is 0.496 e. The molecule has 0 saturated heterocycles. The fourth-order valence-electron chi connectivity index (χ4n) is 1.96. The predicted molar refractivity (Wildman–Crippen MR) is 70.1 cm³/mol. The molecule has 1 aromatic heterocycles. The minimum Gasteiger partial charge on any atom is -0.496 e. The number of benzene rings is 1. The first-order valence-corrected chi connectivity index (χ1v) is 5.88. The second-order valence-electron chi connectivity index (χ2n) is 4.10. The molecule has 94 valence electrons. The van der Waals surface area contributed by atoms with Gasteiger partial charge in [-0.1, -0.05) is 13.0 Å². The van der Waals surface area contributed by atoms with E-state index < -0.39 is 0 Å². The molecule has 0 atom stereocenters. The van der Waals surface area contributed by atoms with E-state index in [1.807, 2.05) is 19.1 Å². The summed E-state index contributed by atoms with van der Waals surface area (Å²) in [6, 6.07) is 6.02. The highest BCUT2D eigenvalue weighted by Crippen LogP contribution is 2.31. The average molecular weight is 244 g/mol. The van der Waals surface area contributed by atoms with Gasteiger partial charge in [0.2, 0.25) is 0 Å². The summed E-state index contributed by atoms with van der Waals surface area (Å²) >= 11 is 0. The second-order valence-corrected chi connectivity index (χ2v) is 4.10. The van der Waals surface area contributed by atoms with Gasteiger partial charge in [0.15, 0.2) is 12.1 Å². The number of hydrogen-bond acceptors (Lipinski definition) is 3. The second kappa shape index (κ2) is 5.04. The van der Waals surface area contributed by atoms with Gasteiger partial charge in [-0.05, 0) is 31.0 Å². The van der Waals surface area contributed by atoms with E-state index in [2.05, 4.69) is 23.0 Å². The zero-order chi connectivity index (χ0) is 13.1. The van der Waals surface area contributed by atoms with Crippen LogP contribution in [0.1, 0.15) is 28.8 Å². The van der Waals surface area contributed by atoms with E-state index in [0.717, 1.165) is 29.1 Å². The molecule has 0 saturated carbocycles. The minimum absolute atomic E-state index is 0.339. The molecule has 18 heavy (non-hydrogen) atoms. The van der Waals surface area contributed by atoms with Crippen LogP contribution in [0.5, 0.6) is 5.75 Å². The number of nitrogens with zero attached hydrogens (tertiary/aromatic N) is 1. The van der Waals surface area contributed by atoms with Gasteiger partial charge < -0.3 is 9.72 Å². The Hall–Kier alpha value is -2.10. The highest BCUT2D eigenvalue weighted by molar-refractivity contribution is 5.75. The van der Waals surface area contributed by atoms with Crippen LogP contribution in [0.2, 0.25) is 0 Å². The molecule has 0 bridgehead atoms. The fraction of sp³-hybridized carbons (Fsp3) is 0.286. The van der Waals surface area contributed by atoms with E-state index in [1.54, 1.807) is 7.11 Å². The SMILES string of the molecule is CCc1ccc(OC)c(-c2nc(C=O)[nH]c2C)c1. The van der Waals surface area contributed by atoms with Crippen molar-refractivity contribution in [2.75, 3.05) is 7.11 Å². The summed E-state index contributed by atoms with van der Waals surface area (Å²) in [6.45, 7) is 3.99. The van der Waals surface area contributed by atoms with Gasteiger partial charge in [0, 0.05) is 11.3 Å². The van der Waals surface area contributed by atoms with E-state index in [0.29, 0.717) is 12.1 Å². The van der Waals surface area contributed by atoms with E-state index in [9.17, 15) is 4.79 Å². The van der Waals surface area contributed by atoms with Crippen LogP contribution in [-0.2, 0) is 6.42 Å². The molecule has 0 aliphatic rings. The van der Waals surface area contributed by atoms with Crippen LogP contribution in [0, 0.1) is 6.92 Å². The molecule has 0 fully saturated rings. The minimum atomic E-state index is 0.339. The van der Waals surface area contributed by atoms with E-state index in [1.165, 1.54) is 5.56 Å². The van der Waals surface area contributed by atoms with Crippen LogP contribution in [-0.4, -0.2) is 23.4 Å². The summed E-state index contributed by atoms with van der Waals surface area (Å²) in [6.07, 6.45) is 1.66. The maximum atomic E-state index is 10.8. The number of rotatable bonds is 4. The van der Waals surface area contributed by atoms with Crippen molar-refractivity contribution in [1.29, 1.82) is 0 Å². The first kappa shape index (κ1) is 12.4. The Labute approximate surface area is 106 Å².